The van der Waals surface area contributed by atoms with Crippen LogP contribution in [0.3, 0.4) is 0 Å². The van der Waals surface area contributed by atoms with E-state index in [1.165, 1.54) is 11.9 Å². The molecule has 0 saturated carbocycles. The molecule has 0 bridgehead atoms. The lowest BCUT2D eigenvalue weighted by atomic mass is 9.98. The number of rotatable bonds is 9. The molecule has 0 aromatic heterocycles. The van der Waals surface area contributed by atoms with E-state index in [2.05, 4.69) is 10.6 Å². The van der Waals surface area contributed by atoms with E-state index >= 15 is 0 Å². The van der Waals surface area contributed by atoms with Crippen molar-refractivity contribution >= 4 is 23.9 Å². The van der Waals surface area contributed by atoms with E-state index in [-0.39, 0.29) is 13.0 Å². The van der Waals surface area contributed by atoms with Crippen LogP contribution in [0.25, 0.3) is 0 Å². The first-order valence-corrected chi connectivity index (χ1v) is 13.3. The Kier molecular flexibility index (Phi) is 10.9. The SMILES string of the molecule is Cc1ccc(C(C(=O)NC(Cc2ccccc2)C(=O)OC(C)(C)C)N(C)C(=O)CNC(=O)OC(C)(C)C)cc1C. The van der Waals surface area contributed by atoms with Crippen LogP contribution in [0.4, 0.5) is 4.79 Å². The van der Waals surface area contributed by atoms with Gasteiger partial charge in [-0.05, 0) is 77.6 Å². The van der Waals surface area contributed by atoms with Gasteiger partial charge in [0.2, 0.25) is 11.8 Å². The molecule has 0 spiro atoms. The van der Waals surface area contributed by atoms with Crippen molar-refractivity contribution in [3.63, 3.8) is 0 Å². The number of esters is 1. The summed E-state index contributed by atoms with van der Waals surface area (Å²) >= 11 is 0. The molecule has 0 aliphatic rings. The van der Waals surface area contributed by atoms with Crippen LogP contribution >= 0.6 is 0 Å². The van der Waals surface area contributed by atoms with Gasteiger partial charge in [0.25, 0.3) is 0 Å². The lowest BCUT2D eigenvalue weighted by molar-refractivity contribution is -0.159. The molecular formula is C31H43N3O6. The normalized spacial score (nSPS) is 13.0. The summed E-state index contributed by atoms with van der Waals surface area (Å²) in [6.45, 7) is 13.9. The maximum atomic E-state index is 13.9. The largest absolute Gasteiger partial charge is 0.458 e. The van der Waals surface area contributed by atoms with Crippen molar-refractivity contribution in [1.29, 1.82) is 0 Å². The first kappa shape index (κ1) is 32.3. The summed E-state index contributed by atoms with van der Waals surface area (Å²) in [5, 5.41) is 5.28. The van der Waals surface area contributed by atoms with Crippen LogP contribution in [-0.4, -0.2) is 59.6 Å². The van der Waals surface area contributed by atoms with Crippen LogP contribution in [0.1, 0.15) is 69.8 Å². The third kappa shape index (κ3) is 10.4. The molecule has 0 fully saturated rings. The van der Waals surface area contributed by atoms with Gasteiger partial charge in [-0.25, -0.2) is 9.59 Å². The molecule has 9 nitrogen and oxygen atoms in total. The Morgan fingerprint density at radius 2 is 1.45 bits per heavy atom. The standard InChI is InChI=1S/C31H43N3O6/c1-20-15-16-23(17-21(20)2)26(34(9)25(35)19-32-29(38)40-31(6,7)8)27(36)33-24(28(37)39-30(3,4)5)18-22-13-11-10-12-14-22/h10-17,24,26H,18-19H2,1-9H3,(H,32,38)(H,33,36). The zero-order valence-corrected chi connectivity index (χ0v) is 25.1. The summed E-state index contributed by atoms with van der Waals surface area (Å²) in [6, 6.07) is 12.7. The lowest BCUT2D eigenvalue weighted by Crippen LogP contribution is -2.51. The molecule has 40 heavy (non-hydrogen) atoms. The highest BCUT2D eigenvalue weighted by molar-refractivity contribution is 5.92. The number of aryl methyl sites for hydroxylation is 2. The van der Waals surface area contributed by atoms with Crippen LogP contribution in [0, 0.1) is 13.8 Å². The Labute approximate surface area is 237 Å². The molecule has 3 amide bonds. The molecular weight excluding hydrogens is 510 g/mol. The summed E-state index contributed by atoms with van der Waals surface area (Å²) < 4.78 is 10.8. The molecule has 2 N–H and O–H groups in total. The number of amides is 3. The first-order chi connectivity index (χ1) is 18.5. The number of alkyl carbamates (subject to hydrolysis) is 1. The van der Waals surface area contributed by atoms with E-state index in [9.17, 15) is 19.2 Å². The van der Waals surface area contributed by atoms with Crippen molar-refractivity contribution in [1.82, 2.24) is 15.5 Å². The molecule has 0 radical (unpaired) electrons. The van der Waals surface area contributed by atoms with Crippen LogP contribution < -0.4 is 10.6 Å². The Bertz CT molecular complexity index is 1200. The lowest BCUT2D eigenvalue weighted by Gasteiger charge is -2.31. The number of likely N-dealkylation sites (N-methyl/N-ethyl adjacent to an activating group) is 1. The van der Waals surface area contributed by atoms with Gasteiger partial charge in [0.1, 0.15) is 29.8 Å². The summed E-state index contributed by atoms with van der Waals surface area (Å²) in [7, 11) is 1.48. The van der Waals surface area contributed by atoms with Crippen molar-refractivity contribution in [2.45, 2.75) is 85.1 Å². The molecule has 218 valence electrons. The summed E-state index contributed by atoms with van der Waals surface area (Å²) in [5.41, 5.74) is 1.89. The van der Waals surface area contributed by atoms with E-state index in [0.29, 0.717) is 5.56 Å². The number of nitrogens with zero attached hydrogens (tertiary/aromatic N) is 1. The smallest absolute Gasteiger partial charge is 0.408 e. The molecule has 2 atom stereocenters. The van der Waals surface area contributed by atoms with Crippen molar-refractivity contribution < 1.29 is 28.7 Å². The third-order valence-corrected chi connectivity index (χ3v) is 5.95. The highest BCUT2D eigenvalue weighted by atomic mass is 16.6. The number of nitrogens with one attached hydrogen (secondary N) is 2. The predicted molar refractivity (Wildman–Crippen MR) is 154 cm³/mol. The van der Waals surface area contributed by atoms with E-state index < -0.39 is 47.2 Å². The third-order valence-electron chi connectivity index (χ3n) is 5.95. The number of carbonyl (C=O) groups excluding carboxylic acids is 4. The van der Waals surface area contributed by atoms with Gasteiger partial charge in [0.15, 0.2) is 0 Å². The molecule has 0 saturated heterocycles. The van der Waals surface area contributed by atoms with E-state index in [1.807, 2.05) is 56.3 Å². The number of hydrogen-bond donors (Lipinski definition) is 2. The second kappa shape index (κ2) is 13.5. The number of carbonyl (C=O) groups is 4. The number of hydrogen-bond acceptors (Lipinski definition) is 6. The van der Waals surface area contributed by atoms with Gasteiger partial charge >= 0.3 is 12.1 Å². The van der Waals surface area contributed by atoms with Crippen molar-refractivity contribution in [3.05, 3.63) is 70.8 Å². The second-order valence-electron chi connectivity index (χ2n) is 11.9. The Hall–Kier alpha value is -3.88. The topological polar surface area (TPSA) is 114 Å². The van der Waals surface area contributed by atoms with E-state index in [4.69, 9.17) is 9.47 Å². The Morgan fingerprint density at radius 3 is 2.00 bits per heavy atom. The molecule has 2 aromatic carbocycles. The van der Waals surface area contributed by atoms with Gasteiger partial charge in [-0.15, -0.1) is 0 Å². The Morgan fingerprint density at radius 1 is 0.850 bits per heavy atom. The van der Waals surface area contributed by atoms with Gasteiger partial charge in [-0.3, -0.25) is 9.59 Å². The maximum Gasteiger partial charge on any atom is 0.408 e. The maximum absolute atomic E-state index is 13.9. The molecule has 9 heteroatoms. The van der Waals surface area contributed by atoms with E-state index in [0.717, 1.165) is 16.7 Å². The van der Waals surface area contributed by atoms with Gasteiger partial charge in [0.05, 0.1) is 0 Å². The van der Waals surface area contributed by atoms with Crippen LogP contribution in [0.5, 0.6) is 0 Å². The summed E-state index contributed by atoms with van der Waals surface area (Å²) in [4.78, 5) is 53.6. The number of ether oxygens (including phenoxy) is 2. The molecule has 0 aliphatic carbocycles. The zero-order chi connectivity index (χ0) is 30.3. The fraction of sp³-hybridized carbons (Fsp3) is 0.484. The summed E-state index contributed by atoms with van der Waals surface area (Å²) in [5.74, 6) is -1.65. The van der Waals surface area contributed by atoms with Gasteiger partial charge < -0.3 is 25.0 Å². The Balaban J connectivity index is 2.36. The van der Waals surface area contributed by atoms with Crippen molar-refractivity contribution in [2.24, 2.45) is 0 Å². The first-order valence-electron chi connectivity index (χ1n) is 13.3. The fourth-order valence-corrected chi connectivity index (χ4v) is 3.88. The van der Waals surface area contributed by atoms with Crippen molar-refractivity contribution in [2.75, 3.05) is 13.6 Å². The van der Waals surface area contributed by atoms with E-state index in [1.54, 1.807) is 47.6 Å². The average Bonchev–Trinajstić information content (AvgIpc) is 2.83. The average molecular weight is 554 g/mol. The highest BCUT2D eigenvalue weighted by Gasteiger charge is 2.34. The van der Waals surface area contributed by atoms with Crippen LogP contribution in [0.2, 0.25) is 0 Å². The van der Waals surface area contributed by atoms with Gasteiger partial charge in [-0.2, -0.15) is 0 Å². The minimum Gasteiger partial charge on any atom is -0.458 e. The monoisotopic (exact) mass is 553 g/mol. The fourth-order valence-electron chi connectivity index (χ4n) is 3.88. The molecule has 2 aromatic rings. The molecule has 2 rings (SSSR count). The minimum absolute atomic E-state index is 0.207. The quantitative estimate of drug-likeness (QED) is 0.445. The van der Waals surface area contributed by atoms with Crippen LogP contribution in [-0.2, 0) is 30.3 Å². The highest BCUT2D eigenvalue weighted by Crippen LogP contribution is 2.24. The predicted octanol–water partition coefficient (Wildman–Crippen LogP) is 4.40. The van der Waals surface area contributed by atoms with Gasteiger partial charge in [-0.1, -0.05) is 48.5 Å². The van der Waals surface area contributed by atoms with Crippen molar-refractivity contribution in [3.8, 4) is 0 Å². The molecule has 2 unspecified atom stereocenters. The van der Waals surface area contributed by atoms with Gasteiger partial charge in [0, 0.05) is 13.5 Å². The van der Waals surface area contributed by atoms with Crippen LogP contribution in [0.15, 0.2) is 48.5 Å². The number of benzene rings is 2. The molecule has 0 aliphatic heterocycles. The zero-order valence-electron chi connectivity index (χ0n) is 25.1. The second-order valence-corrected chi connectivity index (χ2v) is 11.9. The summed E-state index contributed by atoms with van der Waals surface area (Å²) in [6.07, 6.45) is -0.534. The molecule has 0 heterocycles. The minimum atomic E-state index is -1.08.